The Bertz CT molecular complexity index is 873. The van der Waals surface area contributed by atoms with Crippen LogP contribution in [0.3, 0.4) is 0 Å². The molecule has 2 aliphatic rings. The number of benzene rings is 2. The first-order chi connectivity index (χ1) is 13.0. The van der Waals surface area contributed by atoms with Crippen LogP contribution in [0.5, 0.6) is 0 Å². The predicted octanol–water partition coefficient (Wildman–Crippen LogP) is 3.01. The first kappa shape index (κ1) is 18.6. The van der Waals surface area contributed by atoms with Crippen molar-refractivity contribution in [2.75, 3.05) is 26.2 Å². The summed E-state index contributed by atoms with van der Waals surface area (Å²) in [5, 5.41) is 0. The van der Waals surface area contributed by atoms with Gasteiger partial charge in [-0.1, -0.05) is 48.0 Å². The lowest BCUT2D eigenvalue weighted by atomic mass is 10.00. The lowest BCUT2D eigenvalue weighted by Crippen LogP contribution is -2.54. The van der Waals surface area contributed by atoms with Crippen molar-refractivity contribution in [3.8, 4) is 0 Å². The highest BCUT2D eigenvalue weighted by atomic mass is 32.2. The number of hydrogen-bond donors (Lipinski definition) is 0. The summed E-state index contributed by atoms with van der Waals surface area (Å²) in [6, 6.07) is 17.5. The second-order valence-electron chi connectivity index (χ2n) is 7.45. The normalized spacial score (nSPS) is 20.9. The minimum Gasteiger partial charge on any atom is -0.358 e. The van der Waals surface area contributed by atoms with Crippen LogP contribution in [0.15, 0.2) is 59.5 Å². The maximum absolute atomic E-state index is 13.2. The van der Waals surface area contributed by atoms with Crippen LogP contribution < -0.4 is 0 Å². The zero-order valence-electron chi connectivity index (χ0n) is 15.7. The zero-order valence-corrected chi connectivity index (χ0v) is 16.5. The van der Waals surface area contributed by atoms with E-state index in [0.29, 0.717) is 30.9 Å². The van der Waals surface area contributed by atoms with Crippen molar-refractivity contribution in [3.63, 3.8) is 0 Å². The van der Waals surface area contributed by atoms with Crippen LogP contribution in [0, 0.1) is 6.92 Å². The molecule has 2 heterocycles. The number of aryl methyl sites for hydroxylation is 1. The van der Waals surface area contributed by atoms with Gasteiger partial charge in [0.15, 0.2) is 0 Å². The van der Waals surface area contributed by atoms with Crippen molar-refractivity contribution in [2.24, 2.45) is 0 Å². The Kier molecular flexibility index (Phi) is 5.07. The fourth-order valence-corrected chi connectivity index (χ4v) is 5.79. The first-order valence-corrected chi connectivity index (χ1v) is 10.9. The molecule has 0 saturated carbocycles. The number of ether oxygens (including phenoxy) is 1. The van der Waals surface area contributed by atoms with E-state index in [2.05, 4.69) is 29.2 Å². The summed E-state index contributed by atoms with van der Waals surface area (Å²) in [4.78, 5) is 2.73. The van der Waals surface area contributed by atoms with E-state index in [1.54, 1.807) is 16.4 Å². The van der Waals surface area contributed by atoms with Gasteiger partial charge in [-0.15, -0.1) is 0 Å². The van der Waals surface area contributed by atoms with E-state index in [9.17, 15) is 8.42 Å². The van der Waals surface area contributed by atoms with E-state index in [-0.39, 0.29) is 0 Å². The Morgan fingerprint density at radius 3 is 2.30 bits per heavy atom. The molecule has 0 amide bonds. The fourth-order valence-electron chi connectivity index (χ4n) is 4.07. The zero-order chi connectivity index (χ0) is 18.9. The van der Waals surface area contributed by atoms with E-state index < -0.39 is 15.7 Å². The number of rotatable bonds is 4. The molecule has 2 aromatic rings. The number of piperidine rings is 1. The summed E-state index contributed by atoms with van der Waals surface area (Å²) in [5.41, 5.74) is 1.64. The van der Waals surface area contributed by atoms with Gasteiger partial charge in [0.05, 0.1) is 11.5 Å². The molecule has 0 atom stereocenters. The third-order valence-electron chi connectivity index (χ3n) is 5.61. The van der Waals surface area contributed by atoms with Gasteiger partial charge in [0.1, 0.15) is 5.72 Å². The van der Waals surface area contributed by atoms with Crippen LogP contribution >= 0.6 is 0 Å². The molecule has 0 N–H and O–H groups in total. The van der Waals surface area contributed by atoms with E-state index in [0.717, 1.165) is 25.2 Å². The Morgan fingerprint density at radius 2 is 1.63 bits per heavy atom. The molecule has 0 unspecified atom stereocenters. The van der Waals surface area contributed by atoms with E-state index in [1.807, 2.05) is 25.1 Å². The molecule has 0 bridgehead atoms. The number of hydrogen-bond acceptors (Lipinski definition) is 4. The van der Waals surface area contributed by atoms with Gasteiger partial charge in [-0.2, -0.15) is 4.31 Å². The van der Waals surface area contributed by atoms with Gasteiger partial charge < -0.3 is 4.74 Å². The van der Waals surface area contributed by atoms with Crippen LogP contribution in [0.4, 0.5) is 0 Å². The molecule has 144 valence electrons. The van der Waals surface area contributed by atoms with Crippen LogP contribution in [0.1, 0.15) is 24.0 Å². The minimum atomic E-state index is -3.55. The predicted molar refractivity (Wildman–Crippen MR) is 105 cm³/mol. The largest absolute Gasteiger partial charge is 0.358 e. The van der Waals surface area contributed by atoms with Crippen molar-refractivity contribution in [3.05, 3.63) is 65.7 Å². The van der Waals surface area contributed by atoms with Crippen molar-refractivity contribution in [1.29, 1.82) is 0 Å². The van der Waals surface area contributed by atoms with Gasteiger partial charge >= 0.3 is 0 Å². The average molecular weight is 387 g/mol. The summed E-state index contributed by atoms with van der Waals surface area (Å²) in [6.45, 7) is 5.39. The molecule has 0 radical (unpaired) electrons. The Balaban J connectivity index is 1.49. The highest BCUT2D eigenvalue weighted by Gasteiger charge is 2.50. The van der Waals surface area contributed by atoms with E-state index >= 15 is 0 Å². The summed E-state index contributed by atoms with van der Waals surface area (Å²) < 4.78 is 34.1. The van der Waals surface area contributed by atoms with E-state index in [1.165, 1.54) is 5.56 Å². The molecule has 27 heavy (non-hydrogen) atoms. The Morgan fingerprint density at radius 1 is 0.963 bits per heavy atom. The summed E-state index contributed by atoms with van der Waals surface area (Å²) in [5.74, 6) is 0. The van der Waals surface area contributed by atoms with Crippen LogP contribution in [0.25, 0.3) is 0 Å². The van der Waals surface area contributed by atoms with Crippen molar-refractivity contribution >= 4 is 10.0 Å². The number of nitrogens with zero attached hydrogens (tertiary/aromatic N) is 2. The topological polar surface area (TPSA) is 49.9 Å². The van der Waals surface area contributed by atoms with Crippen LogP contribution in [-0.4, -0.2) is 49.6 Å². The molecule has 5 nitrogen and oxygen atoms in total. The monoisotopic (exact) mass is 386 g/mol. The standard InChI is InChI=1S/C21H26N2O3S/c1-18-7-9-20(10-8-18)27(24,25)23-15-16-26-21(23)11-13-22(14-12-21)17-19-5-3-2-4-6-19/h2-10H,11-17H2,1H3. The second-order valence-corrected chi connectivity index (χ2v) is 9.31. The van der Waals surface area contributed by atoms with Gasteiger partial charge in [0.2, 0.25) is 10.0 Å². The summed E-state index contributed by atoms with van der Waals surface area (Å²) in [6.07, 6.45) is 1.40. The van der Waals surface area contributed by atoms with E-state index in [4.69, 9.17) is 4.74 Å². The number of sulfonamides is 1. The molecule has 1 spiro atoms. The van der Waals surface area contributed by atoms with Gasteiger partial charge in [-0.05, 0) is 24.6 Å². The average Bonchev–Trinajstić information content (AvgIpc) is 3.09. The number of likely N-dealkylation sites (tertiary alicyclic amines) is 1. The molecular weight excluding hydrogens is 360 g/mol. The van der Waals surface area contributed by atoms with Gasteiger partial charge in [-0.25, -0.2) is 8.42 Å². The maximum atomic E-state index is 13.2. The van der Waals surface area contributed by atoms with Crippen molar-refractivity contribution in [1.82, 2.24) is 9.21 Å². The maximum Gasteiger partial charge on any atom is 0.245 e. The van der Waals surface area contributed by atoms with Crippen molar-refractivity contribution < 1.29 is 13.2 Å². The van der Waals surface area contributed by atoms with Crippen LogP contribution in [-0.2, 0) is 21.3 Å². The summed E-state index contributed by atoms with van der Waals surface area (Å²) in [7, 11) is -3.55. The molecule has 0 aromatic heterocycles. The molecule has 2 aromatic carbocycles. The Hall–Kier alpha value is -1.73. The highest BCUT2D eigenvalue weighted by molar-refractivity contribution is 7.89. The molecule has 2 aliphatic heterocycles. The highest BCUT2D eigenvalue weighted by Crippen LogP contribution is 2.38. The Labute approximate surface area is 161 Å². The molecule has 4 rings (SSSR count). The molecular formula is C21H26N2O3S. The van der Waals surface area contributed by atoms with Crippen LogP contribution in [0.2, 0.25) is 0 Å². The first-order valence-electron chi connectivity index (χ1n) is 9.49. The second kappa shape index (κ2) is 7.36. The van der Waals surface area contributed by atoms with Crippen molar-refractivity contribution in [2.45, 2.75) is 36.9 Å². The lowest BCUT2D eigenvalue weighted by molar-refractivity contribution is -0.0917. The quantitative estimate of drug-likeness (QED) is 0.811. The third-order valence-corrected chi connectivity index (χ3v) is 7.58. The third kappa shape index (κ3) is 3.67. The summed E-state index contributed by atoms with van der Waals surface area (Å²) >= 11 is 0. The van der Waals surface area contributed by atoms with Gasteiger partial charge in [0.25, 0.3) is 0 Å². The van der Waals surface area contributed by atoms with Gasteiger partial charge in [-0.3, -0.25) is 4.90 Å². The fraction of sp³-hybridized carbons (Fsp3) is 0.429. The lowest BCUT2D eigenvalue weighted by Gasteiger charge is -2.42. The molecule has 0 aliphatic carbocycles. The molecule has 6 heteroatoms. The van der Waals surface area contributed by atoms with Gasteiger partial charge in [0, 0.05) is 39.0 Å². The molecule has 2 saturated heterocycles. The smallest absolute Gasteiger partial charge is 0.245 e. The molecule has 2 fully saturated rings. The minimum absolute atomic E-state index is 0.352. The SMILES string of the molecule is Cc1ccc(S(=O)(=O)N2CCOC23CCN(Cc2ccccc2)CC3)cc1.